The van der Waals surface area contributed by atoms with Crippen molar-refractivity contribution in [3.63, 3.8) is 0 Å². The summed E-state index contributed by atoms with van der Waals surface area (Å²) < 4.78 is 22.6. The second-order valence-electron chi connectivity index (χ2n) is 17.2. The molecule has 9 N–H and O–H groups in total. The largest absolute Gasteiger partial charge is 0.394 e. The summed E-state index contributed by atoms with van der Waals surface area (Å²) in [5.41, 5.74) is 0. The number of aliphatic hydroxyl groups is 8. The highest BCUT2D eigenvalue weighted by atomic mass is 16.7. The minimum absolute atomic E-state index is 0.258. The van der Waals surface area contributed by atoms with Crippen molar-refractivity contribution in [1.82, 2.24) is 5.32 Å². The van der Waals surface area contributed by atoms with Crippen molar-refractivity contribution in [2.45, 2.75) is 235 Å². The fraction of sp³-hybridized carbons (Fsp3) is 0.816. The molecule has 12 unspecified atom stereocenters. The van der Waals surface area contributed by atoms with Crippen LogP contribution in [0.25, 0.3) is 0 Å². The second kappa shape index (κ2) is 36.1. The molecule has 63 heavy (non-hydrogen) atoms. The van der Waals surface area contributed by atoms with Gasteiger partial charge in [-0.3, -0.25) is 4.79 Å². The molecule has 0 bridgehead atoms. The highest BCUT2D eigenvalue weighted by Crippen LogP contribution is 2.30. The molecule has 0 aromatic rings. The monoisotopic (exact) mass is 898 g/mol. The lowest BCUT2D eigenvalue weighted by molar-refractivity contribution is -0.359. The third-order valence-electron chi connectivity index (χ3n) is 11.7. The van der Waals surface area contributed by atoms with Gasteiger partial charge >= 0.3 is 0 Å². The molecule has 366 valence electrons. The maximum absolute atomic E-state index is 13.1. The van der Waals surface area contributed by atoms with Crippen molar-refractivity contribution in [2.24, 2.45) is 0 Å². The molecule has 2 aliphatic heterocycles. The lowest BCUT2D eigenvalue weighted by atomic mass is 9.97. The highest BCUT2D eigenvalue weighted by Gasteiger charge is 2.51. The number of hydrogen-bond donors (Lipinski definition) is 9. The Morgan fingerprint density at radius 1 is 0.556 bits per heavy atom. The van der Waals surface area contributed by atoms with Gasteiger partial charge in [0.2, 0.25) is 5.91 Å². The van der Waals surface area contributed by atoms with Gasteiger partial charge in [-0.25, -0.2) is 0 Å². The first-order chi connectivity index (χ1) is 30.6. The van der Waals surface area contributed by atoms with Gasteiger partial charge < -0.3 is 65.1 Å². The van der Waals surface area contributed by atoms with Gasteiger partial charge in [-0.1, -0.05) is 140 Å². The summed E-state index contributed by atoms with van der Waals surface area (Å²) in [6, 6.07) is -0.940. The second-order valence-corrected chi connectivity index (χ2v) is 17.2. The Morgan fingerprint density at radius 2 is 1.03 bits per heavy atom. The van der Waals surface area contributed by atoms with Gasteiger partial charge in [-0.05, 0) is 64.2 Å². The van der Waals surface area contributed by atoms with Crippen molar-refractivity contribution in [3.05, 3.63) is 48.6 Å². The number of rotatable bonds is 36. The van der Waals surface area contributed by atoms with Gasteiger partial charge in [0.1, 0.15) is 48.8 Å². The number of carbonyl (C=O) groups is 1. The van der Waals surface area contributed by atoms with E-state index in [1.54, 1.807) is 6.08 Å². The normalized spacial score (nSPS) is 27.9. The minimum atomic E-state index is -1.79. The number of hydrogen-bond acceptors (Lipinski definition) is 13. The number of unbranched alkanes of at least 4 members (excludes halogenated alkanes) is 17. The number of carbonyl (C=O) groups excluding carboxylic acids is 1. The van der Waals surface area contributed by atoms with Crippen LogP contribution in [0, 0.1) is 0 Å². The first-order valence-corrected chi connectivity index (χ1v) is 24.4. The molecule has 0 spiro atoms. The number of nitrogens with one attached hydrogen (secondary N) is 1. The summed E-state index contributed by atoms with van der Waals surface area (Å²) in [6.45, 7) is 2.68. The summed E-state index contributed by atoms with van der Waals surface area (Å²) in [5, 5.41) is 86.5. The van der Waals surface area contributed by atoms with Crippen molar-refractivity contribution >= 4 is 5.91 Å². The van der Waals surface area contributed by atoms with Gasteiger partial charge in [0.05, 0.1) is 32.0 Å². The lowest BCUT2D eigenvalue weighted by Gasteiger charge is -2.46. The predicted molar refractivity (Wildman–Crippen MR) is 244 cm³/mol. The van der Waals surface area contributed by atoms with Crippen LogP contribution in [0.3, 0.4) is 0 Å². The Hall–Kier alpha value is -2.05. The van der Waals surface area contributed by atoms with Crippen LogP contribution in [-0.2, 0) is 23.7 Å². The third-order valence-corrected chi connectivity index (χ3v) is 11.7. The van der Waals surface area contributed by atoms with Crippen LogP contribution in [-0.4, -0.2) is 140 Å². The van der Waals surface area contributed by atoms with E-state index in [0.29, 0.717) is 12.8 Å². The fourth-order valence-corrected chi connectivity index (χ4v) is 7.65. The standard InChI is InChI=1S/C49H87NO13/c1-3-5-7-9-11-13-15-16-17-18-19-20-21-23-24-26-28-30-32-38(53)37(50-41(54)33-31-29-27-25-22-14-12-10-8-6-4-2)36-60-48-46(59)44(57)47(40(35-52)62-48)63-49-45(58)43(56)42(55)39(34-51)61-49/h10,12,18-19,23-24,30,32,37-40,42-49,51-53,55-59H,3-9,11,13-17,20-22,25-29,31,33-36H2,1-2H3,(H,50,54)/b12-10-,19-18+,24-23+,32-30+. The predicted octanol–water partition coefficient (Wildman–Crippen LogP) is 5.71. The summed E-state index contributed by atoms with van der Waals surface area (Å²) >= 11 is 0. The Kier molecular flexibility index (Phi) is 32.7. The Labute approximate surface area is 378 Å². The van der Waals surface area contributed by atoms with Crippen LogP contribution >= 0.6 is 0 Å². The van der Waals surface area contributed by atoms with Gasteiger partial charge in [-0.2, -0.15) is 0 Å². The van der Waals surface area contributed by atoms with Gasteiger partial charge in [0.25, 0.3) is 0 Å². The molecule has 2 heterocycles. The van der Waals surface area contributed by atoms with Crippen molar-refractivity contribution in [1.29, 1.82) is 0 Å². The van der Waals surface area contributed by atoms with Crippen LogP contribution in [0.5, 0.6) is 0 Å². The third kappa shape index (κ3) is 23.8. The molecule has 1 amide bonds. The van der Waals surface area contributed by atoms with E-state index in [0.717, 1.165) is 64.2 Å². The van der Waals surface area contributed by atoms with Gasteiger partial charge in [-0.15, -0.1) is 0 Å². The Balaban J connectivity index is 1.90. The average Bonchev–Trinajstić information content (AvgIpc) is 3.28. The number of amides is 1. The van der Waals surface area contributed by atoms with Gasteiger partial charge in [0.15, 0.2) is 12.6 Å². The maximum atomic E-state index is 13.1. The van der Waals surface area contributed by atoms with Crippen LogP contribution < -0.4 is 5.32 Å². The maximum Gasteiger partial charge on any atom is 0.220 e. The molecule has 0 aromatic carbocycles. The van der Waals surface area contributed by atoms with E-state index in [-0.39, 0.29) is 18.9 Å². The Morgan fingerprint density at radius 3 is 1.60 bits per heavy atom. The molecular weight excluding hydrogens is 811 g/mol. The van der Waals surface area contributed by atoms with Crippen LogP contribution in [0.1, 0.15) is 162 Å². The molecule has 12 atom stereocenters. The first kappa shape index (κ1) is 57.1. The number of aliphatic hydroxyl groups excluding tert-OH is 8. The number of allylic oxidation sites excluding steroid dienone is 7. The van der Waals surface area contributed by atoms with Crippen LogP contribution in [0.15, 0.2) is 48.6 Å². The van der Waals surface area contributed by atoms with E-state index >= 15 is 0 Å². The molecule has 14 heteroatoms. The van der Waals surface area contributed by atoms with E-state index in [1.807, 2.05) is 6.08 Å². The van der Waals surface area contributed by atoms with E-state index in [2.05, 4.69) is 55.6 Å². The summed E-state index contributed by atoms with van der Waals surface area (Å²) in [4.78, 5) is 13.1. The van der Waals surface area contributed by atoms with Crippen LogP contribution in [0.4, 0.5) is 0 Å². The molecule has 2 aliphatic rings. The summed E-state index contributed by atoms with van der Waals surface area (Å²) in [6.07, 6.45) is 24.5. The molecule has 0 saturated carbocycles. The highest BCUT2D eigenvalue weighted by molar-refractivity contribution is 5.76. The molecule has 2 fully saturated rings. The quantitative estimate of drug-likeness (QED) is 0.0272. The Bertz CT molecular complexity index is 1250. The lowest BCUT2D eigenvalue weighted by Crippen LogP contribution is -2.65. The van der Waals surface area contributed by atoms with Crippen molar-refractivity contribution < 1.29 is 64.6 Å². The molecule has 0 radical (unpaired) electrons. The molecule has 2 rings (SSSR count). The molecular formula is C49H87NO13. The first-order valence-electron chi connectivity index (χ1n) is 24.4. The number of ether oxygens (including phenoxy) is 4. The van der Waals surface area contributed by atoms with E-state index in [1.165, 1.54) is 64.2 Å². The van der Waals surface area contributed by atoms with Crippen LogP contribution in [0.2, 0.25) is 0 Å². The van der Waals surface area contributed by atoms with E-state index in [4.69, 9.17) is 18.9 Å². The SMILES string of the molecule is CCCC/C=C\CCCCCCCC(=O)NC(COC1OC(CO)C(OC2OC(CO)C(O)C(O)C2O)C(O)C1O)C(O)/C=C/CC/C=C/CC/C=C/CCCCCCCCCC. The van der Waals surface area contributed by atoms with Gasteiger partial charge in [0, 0.05) is 6.42 Å². The minimum Gasteiger partial charge on any atom is -0.394 e. The summed E-state index contributed by atoms with van der Waals surface area (Å²) in [7, 11) is 0. The van der Waals surface area contributed by atoms with Crippen molar-refractivity contribution in [3.8, 4) is 0 Å². The topological polar surface area (TPSA) is 228 Å². The van der Waals surface area contributed by atoms with E-state index < -0.39 is 86.8 Å². The smallest absolute Gasteiger partial charge is 0.220 e. The zero-order valence-electron chi connectivity index (χ0n) is 38.6. The molecule has 0 aliphatic carbocycles. The molecule has 2 saturated heterocycles. The average molecular weight is 898 g/mol. The zero-order chi connectivity index (χ0) is 46.1. The van der Waals surface area contributed by atoms with E-state index in [9.17, 15) is 45.6 Å². The summed E-state index contributed by atoms with van der Waals surface area (Å²) in [5.74, 6) is -0.268. The molecule has 0 aromatic heterocycles. The zero-order valence-corrected chi connectivity index (χ0v) is 38.6. The fourth-order valence-electron chi connectivity index (χ4n) is 7.65. The van der Waals surface area contributed by atoms with Crippen molar-refractivity contribution in [2.75, 3.05) is 19.8 Å². The molecule has 14 nitrogen and oxygen atoms in total.